The average Bonchev–Trinajstić information content (AvgIpc) is 2.73. The van der Waals surface area contributed by atoms with E-state index in [0.29, 0.717) is 17.3 Å². The topological polar surface area (TPSA) is 84.3 Å². The van der Waals surface area contributed by atoms with E-state index in [0.717, 1.165) is 10.2 Å². The second kappa shape index (κ2) is 8.49. The van der Waals surface area contributed by atoms with E-state index in [9.17, 15) is 14.4 Å². The van der Waals surface area contributed by atoms with Gasteiger partial charge in [0.15, 0.2) is 5.69 Å². The van der Waals surface area contributed by atoms with E-state index in [1.807, 2.05) is 51.1 Å². The van der Waals surface area contributed by atoms with Crippen molar-refractivity contribution in [3.8, 4) is 0 Å². The minimum absolute atomic E-state index is 0.117. The highest BCUT2D eigenvalue weighted by Gasteiger charge is 2.28. The predicted molar refractivity (Wildman–Crippen MR) is 116 cm³/mol. The fraction of sp³-hybridized carbons (Fsp3) is 0.304. The number of nitrogens with one attached hydrogen (secondary N) is 1. The van der Waals surface area contributed by atoms with Crippen LogP contribution < -0.4 is 10.9 Å². The smallest absolute Gasteiger partial charge is 0.275 e. The number of carbonyl (C=O) groups is 2. The van der Waals surface area contributed by atoms with E-state index in [4.69, 9.17) is 0 Å². The molecule has 1 N–H and O–H groups in total. The number of hydrogen-bond donors (Lipinski definition) is 1. The molecule has 0 fully saturated rings. The fourth-order valence-electron chi connectivity index (χ4n) is 3.31. The lowest BCUT2D eigenvalue weighted by Gasteiger charge is -2.36. The van der Waals surface area contributed by atoms with Crippen LogP contribution in [0.4, 0.5) is 0 Å². The zero-order valence-corrected chi connectivity index (χ0v) is 17.7. The van der Waals surface area contributed by atoms with Gasteiger partial charge in [0, 0.05) is 24.5 Å². The molecule has 3 aromatic rings. The molecule has 0 saturated carbocycles. The highest BCUT2D eigenvalue weighted by atomic mass is 16.2. The molecule has 30 heavy (non-hydrogen) atoms. The van der Waals surface area contributed by atoms with E-state index >= 15 is 0 Å². The standard InChI is InChI=1S/C23H26N4O3/c1-23(2,3)26(14-16-10-6-5-7-11-16)19(28)15-27-22(30)18-13-9-8-12-17(18)20(25-27)21(29)24-4/h5-13H,14-15H2,1-4H3,(H,24,29). The summed E-state index contributed by atoms with van der Waals surface area (Å²) in [7, 11) is 1.50. The van der Waals surface area contributed by atoms with Crippen molar-refractivity contribution in [3.63, 3.8) is 0 Å². The lowest BCUT2D eigenvalue weighted by atomic mass is 10.0. The highest BCUT2D eigenvalue weighted by molar-refractivity contribution is 6.04. The first-order chi connectivity index (χ1) is 14.2. The van der Waals surface area contributed by atoms with Crippen LogP contribution in [0.2, 0.25) is 0 Å². The summed E-state index contributed by atoms with van der Waals surface area (Å²) in [6.07, 6.45) is 0. The fourth-order valence-corrected chi connectivity index (χ4v) is 3.31. The van der Waals surface area contributed by atoms with Gasteiger partial charge in [0.1, 0.15) is 6.54 Å². The van der Waals surface area contributed by atoms with Crippen molar-refractivity contribution in [2.45, 2.75) is 39.4 Å². The van der Waals surface area contributed by atoms with E-state index in [1.54, 1.807) is 29.2 Å². The number of carbonyl (C=O) groups excluding carboxylic acids is 2. The molecule has 1 heterocycles. The number of nitrogens with zero attached hydrogens (tertiary/aromatic N) is 3. The molecule has 0 aliphatic carbocycles. The molecule has 7 heteroatoms. The summed E-state index contributed by atoms with van der Waals surface area (Å²) in [5, 5.41) is 7.58. The van der Waals surface area contributed by atoms with Gasteiger partial charge < -0.3 is 10.2 Å². The highest BCUT2D eigenvalue weighted by Crippen LogP contribution is 2.19. The molecule has 0 bridgehead atoms. The van der Waals surface area contributed by atoms with Crippen molar-refractivity contribution in [1.82, 2.24) is 20.0 Å². The van der Waals surface area contributed by atoms with Crippen LogP contribution in [0.5, 0.6) is 0 Å². The molecule has 7 nitrogen and oxygen atoms in total. The molecular weight excluding hydrogens is 380 g/mol. The third-order valence-corrected chi connectivity index (χ3v) is 4.89. The van der Waals surface area contributed by atoms with Crippen molar-refractivity contribution in [3.05, 3.63) is 76.2 Å². The Kier molecular flexibility index (Phi) is 6.01. The van der Waals surface area contributed by atoms with Gasteiger partial charge in [-0.3, -0.25) is 14.4 Å². The number of aromatic nitrogens is 2. The SMILES string of the molecule is CNC(=O)c1nn(CC(=O)N(Cc2ccccc2)C(C)(C)C)c(=O)c2ccccc12. The monoisotopic (exact) mass is 406 g/mol. The number of benzene rings is 2. The molecule has 1 aromatic heterocycles. The second-order valence-electron chi connectivity index (χ2n) is 8.07. The summed E-state index contributed by atoms with van der Waals surface area (Å²) >= 11 is 0. The largest absolute Gasteiger partial charge is 0.354 e. The maximum Gasteiger partial charge on any atom is 0.275 e. The number of fused-ring (bicyclic) bond motifs is 1. The van der Waals surface area contributed by atoms with E-state index in [2.05, 4.69) is 10.4 Å². The number of hydrogen-bond acceptors (Lipinski definition) is 4. The van der Waals surface area contributed by atoms with Crippen molar-refractivity contribution in [2.75, 3.05) is 7.05 Å². The second-order valence-corrected chi connectivity index (χ2v) is 8.07. The van der Waals surface area contributed by atoms with Crippen molar-refractivity contribution in [1.29, 1.82) is 0 Å². The van der Waals surface area contributed by atoms with Gasteiger partial charge in [-0.15, -0.1) is 0 Å². The summed E-state index contributed by atoms with van der Waals surface area (Å²) in [4.78, 5) is 40.2. The van der Waals surface area contributed by atoms with Gasteiger partial charge in [-0.2, -0.15) is 5.10 Å². The summed E-state index contributed by atoms with van der Waals surface area (Å²) in [5.74, 6) is -0.663. The summed E-state index contributed by atoms with van der Waals surface area (Å²) in [6.45, 7) is 5.99. The Morgan fingerprint density at radius 2 is 1.60 bits per heavy atom. The van der Waals surface area contributed by atoms with Gasteiger partial charge in [0.2, 0.25) is 5.91 Å². The van der Waals surface area contributed by atoms with E-state index in [-0.39, 0.29) is 18.1 Å². The average molecular weight is 406 g/mol. The molecule has 3 rings (SSSR count). The zero-order valence-electron chi connectivity index (χ0n) is 17.7. The summed E-state index contributed by atoms with van der Waals surface area (Å²) < 4.78 is 1.08. The lowest BCUT2D eigenvalue weighted by molar-refractivity contribution is -0.137. The predicted octanol–water partition coefficient (Wildman–Crippen LogP) is 2.58. The van der Waals surface area contributed by atoms with Gasteiger partial charge in [-0.1, -0.05) is 48.5 Å². The molecule has 0 atom stereocenters. The van der Waals surface area contributed by atoms with Crippen LogP contribution in [-0.2, 0) is 17.9 Å². The van der Waals surface area contributed by atoms with Gasteiger partial charge in [0.05, 0.1) is 5.39 Å². The normalized spacial score (nSPS) is 11.3. The molecular formula is C23H26N4O3. The minimum Gasteiger partial charge on any atom is -0.354 e. The van der Waals surface area contributed by atoms with E-state index < -0.39 is 17.0 Å². The van der Waals surface area contributed by atoms with Crippen LogP contribution in [0.25, 0.3) is 10.8 Å². The molecule has 2 aromatic carbocycles. The van der Waals surface area contributed by atoms with Crippen LogP contribution in [0.15, 0.2) is 59.4 Å². The van der Waals surface area contributed by atoms with Crippen LogP contribution >= 0.6 is 0 Å². The number of rotatable bonds is 5. The Labute approximate surface area is 175 Å². The summed E-state index contributed by atoms with van der Waals surface area (Å²) in [5.41, 5.74) is 0.244. The first-order valence-corrected chi connectivity index (χ1v) is 9.78. The van der Waals surface area contributed by atoms with Gasteiger partial charge >= 0.3 is 0 Å². The van der Waals surface area contributed by atoms with Gasteiger partial charge in [0.25, 0.3) is 11.5 Å². The first-order valence-electron chi connectivity index (χ1n) is 9.78. The maximum atomic E-state index is 13.2. The Bertz CT molecular complexity index is 1130. The van der Waals surface area contributed by atoms with Gasteiger partial charge in [-0.25, -0.2) is 4.68 Å². The van der Waals surface area contributed by atoms with Crippen molar-refractivity contribution >= 4 is 22.6 Å². The van der Waals surface area contributed by atoms with Gasteiger partial charge in [-0.05, 0) is 32.4 Å². The van der Waals surface area contributed by atoms with Crippen molar-refractivity contribution < 1.29 is 9.59 Å². The van der Waals surface area contributed by atoms with Crippen molar-refractivity contribution in [2.24, 2.45) is 0 Å². The summed E-state index contributed by atoms with van der Waals surface area (Å²) in [6, 6.07) is 16.5. The first kappa shape index (κ1) is 21.2. The molecule has 156 valence electrons. The molecule has 0 spiro atoms. The van der Waals surface area contributed by atoms with Crippen LogP contribution in [0, 0.1) is 0 Å². The van der Waals surface area contributed by atoms with Crippen LogP contribution in [-0.4, -0.2) is 39.1 Å². The Hall–Kier alpha value is -3.48. The molecule has 0 unspecified atom stereocenters. The third-order valence-electron chi connectivity index (χ3n) is 4.89. The third kappa shape index (κ3) is 4.40. The number of amides is 2. The maximum absolute atomic E-state index is 13.2. The quantitative estimate of drug-likeness (QED) is 0.706. The molecule has 0 saturated heterocycles. The van der Waals surface area contributed by atoms with Crippen LogP contribution in [0.3, 0.4) is 0 Å². The Morgan fingerprint density at radius 3 is 2.20 bits per heavy atom. The molecule has 0 aliphatic rings. The molecule has 2 amide bonds. The minimum atomic E-state index is -0.461. The molecule has 0 radical (unpaired) electrons. The molecule has 0 aliphatic heterocycles. The lowest BCUT2D eigenvalue weighted by Crippen LogP contribution is -2.47. The van der Waals surface area contributed by atoms with E-state index in [1.165, 1.54) is 7.05 Å². The van der Waals surface area contributed by atoms with Crippen LogP contribution in [0.1, 0.15) is 36.8 Å². The Balaban J connectivity index is 2.01. The zero-order chi connectivity index (χ0) is 21.9. The Morgan fingerprint density at radius 1 is 1.00 bits per heavy atom.